The highest BCUT2D eigenvalue weighted by molar-refractivity contribution is 5.83. The smallest absolute Gasteiger partial charge is 0.404 e. The molecule has 0 amide bonds. The molecule has 0 aliphatic heterocycles. The molecule has 0 bridgehead atoms. The van der Waals surface area contributed by atoms with Gasteiger partial charge in [-0.2, -0.15) is 4.73 Å². The summed E-state index contributed by atoms with van der Waals surface area (Å²) in [5.41, 5.74) is 0.126. The number of carboxylic acid groups (broad SMARTS) is 1. The van der Waals surface area contributed by atoms with Gasteiger partial charge >= 0.3 is 11.7 Å². The third-order valence-corrected chi connectivity index (χ3v) is 1.15. The molecule has 1 heterocycles. The second-order valence-corrected chi connectivity index (χ2v) is 2.04. The van der Waals surface area contributed by atoms with Crippen LogP contribution in [0, 0.1) is 12.1 Å². The molecule has 0 aliphatic carbocycles. The van der Waals surface area contributed by atoms with Gasteiger partial charge in [0.2, 0.25) is 6.20 Å². The molecule has 1 rings (SSSR count). The highest BCUT2D eigenvalue weighted by atomic mass is 16.5. The number of carbonyl (C=O) groups is 1. The standard InChI is InChI=1S/C6H6N2O3/c1-4-3-8(11)5(2-7-4)6(9)10/h2-3H,1H3,(H,9,10). The van der Waals surface area contributed by atoms with Crippen LogP contribution in [0.15, 0.2) is 12.4 Å². The van der Waals surface area contributed by atoms with Crippen molar-refractivity contribution in [3.05, 3.63) is 29.0 Å². The zero-order valence-corrected chi connectivity index (χ0v) is 5.81. The number of aromatic carboxylic acids is 1. The number of nitrogens with zero attached hydrogens (tertiary/aromatic N) is 2. The SMILES string of the molecule is Cc1c[n+]([O-])c(C(=O)O)cn1. The molecule has 0 unspecified atom stereocenters. The number of aryl methyl sites for hydroxylation is 1. The second kappa shape index (κ2) is 2.53. The van der Waals surface area contributed by atoms with Gasteiger partial charge in [-0.25, -0.2) is 9.78 Å². The Morgan fingerprint density at radius 1 is 1.82 bits per heavy atom. The summed E-state index contributed by atoms with van der Waals surface area (Å²) in [4.78, 5) is 13.9. The molecular weight excluding hydrogens is 148 g/mol. The van der Waals surface area contributed by atoms with Crippen molar-refractivity contribution >= 4 is 5.97 Å². The van der Waals surface area contributed by atoms with E-state index >= 15 is 0 Å². The van der Waals surface area contributed by atoms with Gasteiger partial charge < -0.3 is 10.3 Å². The van der Waals surface area contributed by atoms with Gasteiger partial charge in [-0.15, -0.1) is 0 Å². The molecule has 0 atom stereocenters. The summed E-state index contributed by atoms with van der Waals surface area (Å²) in [7, 11) is 0. The average Bonchev–Trinajstić information content (AvgIpc) is 1.85. The van der Waals surface area contributed by atoms with Crippen LogP contribution in [0.2, 0.25) is 0 Å². The zero-order chi connectivity index (χ0) is 8.43. The normalized spacial score (nSPS) is 9.55. The van der Waals surface area contributed by atoms with Crippen LogP contribution in [0.5, 0.6) is 0 Å². The lowest BCUT2D eigenvalue weighted by Crippen LogP contribution is -2.34. The van der Waals surface area contributed by atoms with Crippen LogP contribution in [0.3, 0.4) is 0 Å². The van der Waals surface area contributed by atoms with Crippen LogP contribution in [-0.4, -0.2) is 16.1 Å². The van der Waals surface area contributed by atoms with Crippen LogP contribution in [0.4, 0.5) is 0 Å². The van der Waals surface area contributed by atoms with Crippen LogP contribution in [-0.2, 0) is 0 Å². The topological polar surface area (TPSA) is 77.1 Å². The Hall–Kier alpha value is -1.65. The average molecular weight is 154 g/mol. The van der Waals surface area contributed by atoms with Gasteiger partial charge in [-0.3, -0.25) is 0 Å². The van der Waals surface area contributed by atoms with Crippen LogP contribution in [0.1, 0.15) is 16.2 Å². The second-order valence-electron chi connectivity index (χ2n) is 2.04. The third-order valence-electron chi connectivity index (χ3n) is 1.15. The Balaban J connectivity index is 3.20. The van der Waals surface area contributed by atoms with Gasteiger partial charge in [-0.1, -0.05) is 0 Å². The Morgan fingerprint density at radius 3 is 2.91 bits per heavy atom. The summed E-state index contributed by atoms with van der Waals surface area (Å²) >= 11 is 0. The maximum absolute atomic E-state index is 10.8. The van der Waals surface area contributed by atoms with E-state index in [0.717, 1.165) is 12.4 Å². The van der Waals surface area contributed by atoms with E-state index in [2.05, 4.69) is 4.98 Å². The molecule has 1 aromatic rings. The summed E-state index contributed by atoms with van der Waals surface area (Å²) < 4.78 is 0.282. The van der Waals surface area contributed by atoms with E-state index in [0.29, 0.717) is 5.69 Å². The Morgan fingerprint density at radius 2 is 2.45 bits per heavy atom. The highest BCUT2D eigenvalue weighted by Crippen LogP contribution is 1.90. The molecule has 0 saturated heterocycles. The van der Waals surface area contributed by atoms with Crippen molar-refractivity contribution in [3.63, 3.8) is 0 Å². The first-order valence-corrected chi connectivity index (χ1v) is 2.90. The molecular formula is C6H6N2O3. The Kier molecular flexibility index (Phi) is 1.72. The molecule has 0 saturated carbocycles. The molecule has 0 radical (unpaired) electrons. The van der Waals surface area contributed by atoms with E-state index in [1.165, 1.54) is 0 Å². The van der Waals surface area contributed by atoms with E-state index in [9.17, 15) is 10.0 Å². The quantitative estimate of drug-likeness (QED) is 0.445. The van der Waals surface area contributed by atoms with E-state index in [-0.39, 0.29) is 10.4 Å². The van der Waals surface area contributed by atoms with Crippen LogP contribution in [0.25, 0.3) is 0 Å². The highest BCUT2D eigenvalue weighted by Gasteiger charge is 2.13. The lowest BCUT2D eigenvalue weighted by Gasteiger charge is -1.98. The minimum atomic E-state index is -1.27. The fourth-order valence-electron chi connectivity index (χ4n) is 0.642. The van der Waals surface area contributed by atoms with E-state index < -0.39 is 5.97 Å². The van der Waals surface area contributed by atoms with Crippen molar-refractivity contribution in [3.8, 4) is 0 Å². The van der Waals surface area contributed by atoms with Crippen molar-refractivity contribution in [2.24, 2.45) is 0 Å². The largest absolute Gasteiger partial charge is 0.618 e. The van der Waals surface area contributed by atoms with E-state index in [4.69, 9.17) is 5.11 Å². The van der Waals surface area contributed by atoms with Gasteiger partial charge in [0.25, 0.3) is 0 Å². The maximum atomic E-state index is 10.8. The first kappa shape index (κ1) is 7.46. The van der Waals surface area contributed by atoms with Gasteiger partial charge in [0, 0.05) is 0 Å². The number of aromatic nitrogens is 2. The minimum absolute atomic E-state index is 0.282. The van der Waals surface area contributed by atoms with E-state index in [1.54, 1.807) is 6.92 Å². The lowest BCUT2D eigenvalue weighted by atomic mass is 10.4. The summed E-state index contributed by atoms with van der Waals surface area (Å²) in [6.45, 7) is 1.61. The first-order chi connectivity index (χ1) is 5.11. The number of carboxylic acids is 1. The predicted octanol–water partition coefficient (Wildman–Crippen LogP) is -0.278. The molecule has 0 fully saturated rings. The maximum Gasteiger partial charge on any atom is 0.404 e. The summed E-state index contributed by atoms with van der Waals surface area (Å²) in [5, 5.41) is 19.2. The fourth-order valence-corrected chi connectivity index (χ4v) is 0.642. The molecule has 0 spiro atoms. The monoisotopic (exact) mass is 154 g/mol. The summed E-state index contributed by atoms with van der Waals surface area (Å²) in [6, 6.07) is 0. The first-order valence-electron chi connectivity index (χ1n) is 2.90. The predicted molar refractivity (Wildman–Crippen MR) is 34.9 cm³/mol. The minimum Gasteiger partial charge on any atom is -0.618 e. The van der Waals surface area contributed by atoms with Crippen LogP contribution < -0.4 is 4.73 Å². The molecule has 5 nitrogen and oxygen atoms in total. The molecule has 0 aliphatic rings. The lowest BCUT2D eigenvalue weighted by molar-refractivity contribution is -0.609. The van der Waals surface area contributed by atoms with Gasteiger partial charge in [0.05, 0.1) is 0 Å². The molecule has 1 N–H and O–H groups in total. The molecule has 5 heteroatoms. The molecule has 58 valence electrons. The third kappa shape index (κ3) is 1.43. The van der Waals surface area contributed by atoms with Crippen LogP contribution >= 0.6 is 0 Å². The van der Waals surface area contributed by atoms with Crippen molar-refractivity contribution in [1.82, 2.24) is 4.98 Å². The molecule has 11 heavy (non-hydrogen) atoms. The summed E-state index contributed by atoms with van der Waals surface area (Å²) in [6.07, 6.45) is 2.15. The van der Waals surface area contributed by atoms with Crippen molar-refractivity contribution in [1.29, 1.82) is 0 Å². The van der Waals surface area contributed by atoms with Crippen molar-refractivity contribution < 1.29 is 14.6 Å². The van der Waals surface area contributed by atoms with Crippen molar-refractivity contribution in [2.75, 3.05) is 0 Å². The zero-order valence-electron chi connectivity index (χ0n) is 5.81. The molecule has 1 aromatic heterocycles. The number of hydrogen-bond acceptors (Lipinski definition) is 3. The Labute approximate surface area is 62.5 Å². The van der Waals surface area contributed by atoms with Gasteiger partial charge in [-0.05, 0) is 6.92 Å². The number of hydrogen-bond donors (Lipinski definition) is 1. The molecule has 0 aromatic carbocycles. The number of rotatable bonds is 1. The fraction of sp³-hybridized carbons (Fsp3) is 0.167. The summed E-state index contributed by atoms with van der Waals surface area (Å²) in [5.74, 6) is -1.27. The van der Waals surface area contributed by atoms with Crippen molar-refractivity contribution in [2.45, 2.75) is 6.92 Å². The Bertz CT molecular complexity index is 298. The van der Waals surface area contributed by atoms with Gasteiger partial charge in [0.15, 0.2) is 0 Å². The van der Waals surface area contributed by atoms with E-state index in [1.807, 2.05) is 0 Å². The van der Waals surface area contributed by atoms with Gasteiger partial charge in [0.1, 0.15) is 11.9 Å².